The summed E-state index contributed by atoms with van der Waals surface area (Å²) in [5.74, 6) is -0.409. The maximum absolute atomic E-state index is 13.7. The van der Waals surface area contributed by atoms with Crippen molar-refractivity contribution < 1.29 is 4.39 Å². The van der Waals surface area contributed by atoms with E-state index in [1.165, 1.54) is 6.07 Å². The highest BCUT2D eigenvalue weighted by Gasteiger charge is 2.10. The highest BCUT2D eigenvalue weighted by Crippen LogP contribution is 2.35. The Bertz CT molecular complexity index is 582. The van der Waals surface area contributed by atoms with Gasteiger partial charge in [0.25, 0.3) is 0 Å². The smallest absolute Gasteiger partial charge is 0.147 e. The fourth-order valence-electron chi connectivity index (χ4n) is 1.44. The lowest BCUT2D eigenvalue weighted by atomic mass is 10.2. The van der Waals surface area contributed by atoms with E-state index < -0.39 is 5.82 Å². The fraction of sp³-hybridized carbons (Fsp3) is 0. The molecule has 0 atom stereocenters. The van der Waals surface area contributed by atoms with Crippen LogP contribution in [-0.2, 0) is 0 Å². The van der Waals surface area contributed by atoms with E-state index in [4.69, 9.17) is 28.9 Å². The maximum atomic E-state index is 13.7. The van der Waals surface area contributed by atoms with Gasteiger partial charge in [-0.25, -0.2) is 4.39 Å². The summed E-state index contributed by atoms with van der Waals surface area (Å²) in [5.41, 5.74) is 6.75. The summed E-state index contributed by atoms with van der Waals surface area (Å²) in [6, 6.07) is 7.74. The first-order valence-corrected chi connectivity index (χ1v) is 6.49. The topological polar surface area (TPSA) is 38.0 Å². The minimum Gasteiger partial charge on any atom is -0.399 e. The molecule has 3 N–H and O–H groups in total. The van der Waals surface area contributed by atoms with Gasteiger partial charge in [0, 0.05) is 10.2 Å². The van der Waals surface area contributed by atoms with Crippen LogP contribution in [-0.4, -0.2) is 0 Å². The standard InChI is InChI=1S/C12H8BrCl2FN2/c13-6-1-2-11(10(16)3-6)18-12-8(14)4-7(17)5-9(12)15/h1-5,18H,17H2. The normalized spacial score (nSPS) is 10.4. The molecular weight excluding hydrogens is 342 g/mol. The molecule has 2 rings (SSSR count). The van der Waals surface area contributed by atoms with Gasteiger partial charge in [-0.2, -0.15) is 0 Å². The van der Waals surface area contributed by atoms with Crippen LogP contribution < -0.4 is 11.1 Å². The molecule has 0 saturated heterocycles. The Morgan fingerprint density at radius 1 is 1.11 bits per heavy atom. The van der Waals surface area contributed by atoms with Gasteiger partial charge in [0.1, 0.15) is 5.82 Å². The summed E-state index contributed by atoms with van der Waals surface area (Å²) in [7, 11) is 0. The monoisotopic (exact) mass is 348 g/mol. The molecule has 0 unspecified atom stereocenters. The highest BCUT2D eigenvalue weighted by atomic mass is 79.9. The number of benzene rings is 2. The van der Waals surface area contributed by atoms with Gasteiger partial charge in [-0.1, -0.05) is 39.1 Å². The molecule has 18 heavy (non-hydrogen) atoms. The van der Waals surface area contributed by atoms with Crippen LogP contribution in [0.4, 0.5) is 21.5 Å². The van der Waals surface area contributed by atoms with Gasteiger partial charge >= 0.3 is 0 Å². The van der Waals surface area contributed by atoms with Gasteiger partial charge in [-0.15, -0.1) is 0 Å². The van der Waals surface area contributed by atoms with E-state index in [0.717, 1.165) is 0 Å². The van der Waals surface area contributed by atoms with Crippen molar-refractivity contribution in [1.82, 2.24) is 0 Å². The molecule has 2 aromatic rings. The molecule has 0 aliphatic heterocycles. The largest absolute Gasteiger partial charge is 0.399 e. The average Bonchev–Trinajstić information content (AvgIpc) is 2.25. The third-order valence-electron chi connectivity index (χ3n) is 2.26. The van der Waals surface area contributed by atoms with Crippen molar-refractivity contribution in [3.63, 3.8) is 0 Å². The molecule has 0 aliphatic carbocycles. The van der Waals surface area contributed by atoms with Crippen molar-refractivity contribution in [2.45, 2.75) is 0 Å². The molecule has 6 heteroatoms. The number of halogens is 4. The molecule has 0 amide bonds. The quantitative estimate of drug-likeness (QED) is 0.729. The van der Waals surface area contributed by atoms with Gasteiger partial charge in [-0.3, -0.25) is 0 Å². The van der Waals surface area contributed by atoms with Crippen LogP contribution in [0.5, 0.6) is 0 Å². The zero-order valence-electron chi connectivity index (χ0n) is 8.98. The average molecular weight is 350 g/mol. The summed E-state index contributed by atoms with van der Waals surface area (Å²) in [6.45, 7) is 0. The lowest BCUT2D eigenvalue weighted by molar-refractivity contribution is 0.631. The number of nitrogen functional groups attached to an aromatic ring is 1. The minimum absolute atomic E-state index is 0.284. The van der Waals surface area contributed by atoms with Crippen molar-refractivity contribution in [2.75, 3.05) is 11.1 Å². The van der Waals surface area contributed by atoms with Crippen LogP contribution in [0.25, 0.3) is 0 Å². The zero-order chi connectivity index (χ0) is 13.3. The number of rotatable bonds is 2. The first-order chi connectivity index (χ1) is 8.47. The van der Waals surface area contributed by atoms with Crippen molar-refractivity contribution in [2.24, 2.45) is 0 Å². The molecule has 94 valence electrons. The lowest BCUT2D eigenvalue weighted by Crippen LogP contribution is -1.96. The molecule has 0 aliphatic rings. The predicted molar refractivity (Wildman–Crippen MR) is 78.3 cm³/mol. The lowest BCUT2D eigenvalue weighted by Gasteiger charge is -2.12. The van der Waals surface area contributed by atoms with Crippen LogP contribution in [0, 0.1) is 5.82 Å². The predicted octanol–water partition coefficient (Wildman–Crippen LogP) is 5.22. The fourth-order valence-corrected chi connectivity index (χ4v) is 2.37. The first kappa shape index (κ1) is 13.5. The number of hydrogen-bond acceptors (Lipinski definition) is 2. The number of nitrogens with one attached hydrogen (secondary N) is 1. The van der Waals surface area contributed by atoms with Gasteiger partial charge in [0.15, 0.2) is 0 Å². The molecule has 0 aromatic heterocycles. The van der Waals surface area contributed by atoms with E-state index in [-0.39, 0.29) is 5.69 Å². The summed E-state index contributed by atoms with van der Waals surface area (Å²) in [6.07, 6.45) is 0. The summed E-state index contributed by atoms with van der Waals surface area (Å²) in [4.78, 5) is 0. The summed E-state index contributed by atoms with van der Waals surface area (Å²) < 4.78 is 14.3. The molecular formula is C12H8BrCl2FN2. The molecule has 2 aromatic carbocycles. The third-order valence-corrected chi connectivity index (χ3v) is 3.34. The second kappa shape index (κ2) is 5.34. The van der Waals surface area contributed by atoms with E-state index in [9.17, 15) is 4.39 Å². The molecule has 0 fully saturated rings. The van der Waals surface area contributed by atoms with Crippen molar-refractivity contribution >= 4 is 56.2 Å². The van der Waals surface area contributed by atoms with E-state index in [0.29, 0.717) is 25.9 Å². The Labute approximate surface area is 122 Å². The second-order valence-electron chi connectivity index (χ2n) is 3.61. The van der Waals surface area contributed by atoms with Crippen molar-refractivity contribution in [1.29, 1.82) is 0 Å². The molecule has 0 radical (unpaired) electrons. The van der Waals surface area contributed by atoms with Gasteiger partial charge < -0.3 is 11.1 Å². The van der Waals surface area contributed by atoms with E-state index in [2.05, 4.69) is 21.2 Å². The molecule has 0 bridgehead atoms. The Balaban J connectivity index is 2.40. The van der Waals surface area contributed by atoms with Gasteiger partial charge in [-0.05, 0) is 30.3 Å². The van der Waals surface area contributed by atoms with E-state index >= 15 is 0 Å². The summed E-state index contributed by atoms with van der Waals surface area (Å²) in [5, 5.41) is 3.52. The minimum atomic E-state index is -0.409. The van der Waals surface area contributed by atoms with Crippen LogP contribution in [0.2, 0.25) is 10.0 Å². The molecule has 0 spiro atoms. The van der Waals surface area contributed by atoms with Crippen LogP contribution in [0.1, 0.15) is 0 Å². The number of nitrogens with two attached hydrogens (primary N) is 1. The van der Waals surface area contributed by atoms with Crippen molar-refractivity contribution in [3.05, 3.63) is 50.7 Å². The van der Waals surface area contributed by atoms with Crippen molar-refractivity contribution in [3.8, 4) is 0 Å². The highest BCUT2D eigenvalue weighted by molar-refractivity contribution is 9.10. The van der Waals surface area contributed by atoms with Crippen LogP contribution >= 0.6 is 39.1 Å². The Morgan fingerprint density at radius 3 is 2.28 bits per heavy atom. The Hall–Kier alpha value is -0.970. The van der Waals surface area contributed by atoms with E-state index in [1.54, 1.807) is 24.3 Å². The third kappa shape index (κ3) is 2.88. The van der Waals surface area contributed by atoms with E-state index in [1.807, 2.05) is 0 Å². The van der Waals surface area contributed by atoms with Crippen LogP contribution in [0.3, 0.4) is 0 Å². The SMILES string of the molecule is Nc1cc(Cl)c(Nc2ccc(Br)cc2F)c(Cl)c1. The molecule has 2 nitrogen and oxygen atoms in total. The Kier molecular flexibility index (Phi) is 4.00. The number of anilines is 3. The van der Waals surface area contributed by atoms with Crippen LogP contribution in [0.15, 0.2) is 34.8 Å². The Morgan fingerprint density at radius 2 is 1.72 bits per heavy atom. The molecule has 0 saturated carbocycles. The summed E-state index contributed by atoms with van der Waals surface area (Å²) >= 11 is 15.2. The van der Waals surface area contributed by atoms with Gasteiger partial charge in [0.05, 0.1) is 21.4 Å². The second-order valence-corrected chi connectivity index (χ2v) is 5.34. The molecule has 0 heterocycles. The zero-order valence-corrected chi connectivity index (χ0v) is 12.1. The maximum Gasteiger partial charge on any atom is 0.147 e. The van der Waals surface area contributed by atoms with Gasteiger partial charge in [0.2, 0.25) is 0 Å². The first-order valence-electron chi connectivity index (χ1n) is 4.94. The number of hydrogen-bond donors (Lipinski definition) is 2.